The van der Waals surface area contributed by atoms with Crippen molar-refractivity contribution in [3.05, 3.63) is 29.5 Å². The number of pyridine rings is 1. The summed E-state index contributed by atoms with van der Waals surface area (Å²) in [4.78, 5) is 16.3. The molecule has 0 aliphatic carbocycles. The summed E-state index contributed by atoms with van der Waals surface area (Å²) in [6.45, 7) is 2.29. The number of hydrogen-bond donors (Lipinski definition) is 1. The van der Waals surface area contributed by atoms with Gasteiger partial charge in [-0.3, -0.25) is 4.79 Å². The first-order valence-corrected chi connectivity index (χ1v) is 8.89. The average molecular weight is 396 g/mol. The molecule has 0 amide bonds. The van der Waals surface area contributed by atoms with E-state index in [4.69, 9.17) is 9.47 Å². The zero-order valence-electron chi connectivity index (χ0n) is 15.4. The second-order valence-corrected chi connectivity index (χ2v) is 7.18. The van der Waals surface area contributed by atoms with Crippen LogP contribution < -0.4 is 14.8 Å². The average Bonchev–Trinajstić information content (AvgIpc) is 3.04. The number of aromatic nitrogens is 1. The maximum absolute atomic E-state index is 12.6. The molecule has 0 bridgehead atoms. The zero-order valence-corrected chi connectivity index (χ0v) is 15.4. The van der Waals surface area contributed by atoms with Crippen LogP contribution in [-0.2, 0) is 16.0 Å². The first-order valence-electron chi connectivity index (χ1n) is 8.89. The molecule has 1 N–H and O–H groups in total. The number of ether oxygens (including phenoxy) is 3. The van der Waals surface area contributed by atoms with Crippen molar-refractivity contribution in [1.82, 2.24) is 10.3 Å². The summed E-state index contributed by atoms with van der Waals surface area (Å²) >= 11 is 0. The van der Waals surface area contributed by atoms with E-state index in [-0.39, 0.29) is 11.7 Å². The van der Waals surface area contributed by atoms with Gasteiger partial charge in [0, 0.05) is 23.9 Å². The van der Waals surface area contributed by atoms with Crippen molar-refractivity contribution in [3.8, 4) is 11.5 Å². The van der Waals surface area contributed by atoms with Crippen LogP contribution in [0.5, 0.6) is 11.5 Å². The fourth-order valence-corrected chi connectivity index (χ4v) is 4.03. The Labute approximate surface area is 159 Å². The van der Waals surface area contributed by atoms with E-state index in [1.165, 1.54) is 25.3 Å². The minimum Gasteiger partial charge on any atom is -0.484 e. The lowest BCUT2D eigenvalue weighted by atomic mass is 9.87. The second-order valence-electron chi connectivity index (χ2n) is 7.18. The van der Waals surface area contributed by atoms with E-state index in [0.717, 1.165) is 5.56 Å². The molecule has 2 unspecified atom stereocenters. The molecule has 3 heterocycles. The summed E-state index contributed by atoms with van der Waals surface area (Å²) in [5.41, 5.74) is 1.49. The lowest BCUT2D eigenvalue weighted by molar-refractivity contribution is -0.274. The number of alkyl halides is 3. The number of nitrogens with one attached hydrogen (secondary N) is 1. The van der Waals surface area contributed by atoms with Crippen molar-refractivity contribution in [2.24, 2.45) is 0 Å². The quantitative estimate of drug-likeness (QED) is 0.787. The van der Waals surface area contributed by atoms with Crippen LogP contribution in [0.25, 0.3) is 10.9 Å². The summed E-state index contributed by atoms with van der Waals surface area (Å²) in [6.07, 6.45) is -3.07. The summed E-state index contributed by atoms with van der Waals surface area (Å²) in [7, 11) is 1.34. The molecule has 1 aromatic heterocycles. The van der Waals surface area contributed by atoms with Gasteiger partial charge in [0.05, 0.1) is 18.3 Å². The highest BCUT2D eigenvalue weighted by Gasteiger charge is 2.46. The maximum atomic E-state index is 12.6. The van der Waals surface area contributed by atoms with Crippen molar-refractivity contribution < 1.29 is 32.2 Å². The van der Waals surface area contributed by atoms with Crippen LogP contribution in [0.1, 0.15) is 24.1 Å². The lowest BCUT2D eigenvalue weighted by Gasteiger charge is -2.36. The third kappa shape index (κ3) is 3.34. The normalized spacial score (nSPS) is 24.1. The van der Waals surface area contributed by atoms with Crippen molar-refractivity contribution in [2.75, 3.05) is 13.7 Å². The number of fused-ring (bicyclic) bond motifs is 3. The largest absolute Gasteiger partial charge is 0.573 e. The molecule has 0 radical (unpaired) electrons. The predicted molar refractivity (Wildman–Crippen MR) is 93.3 cm³/mol. The summed E-state index contributed by atoms with van der Waals surface area (Å²) in [6, 6.07) is 3.67. The Morgan fingerprint density at radius 1 is 1.39 bits per heavy atom. The molecule has 2 aliphatic rings. The number of rotatable bonds is 2. The zero-order chi connectivity index (χ0) is 20.1. The molecular formula is C19H19F3N2O4. The van der Waals surface area contributed by atoms with Crippen LogP contribution in [0, 0.1) is 6.92 Å². The summed E-state index contributed by atoms with van der Waals surface area (Å²) in [5.74, 6) is -0.0646. The fourth-order valence-electron chi connectivity index (χ4n) is 4.03. The second kappa shape index (κ2) is 6.51. The molecular weight excluding hydrogens is 377 g/mol. The molecule has 1 spiro atoms. The topological polar surface area (TPSA) is 69.7 Å². The van der Waals surface area contributed by atoms with E-state index < -0.39 is 18.0 Å². The van der Waals surface area contributed by atoms with Gasteiger partial charge in [-0.25, -0.2) is 4.98 Å². The van der Waals surface area contributed by atoms with Crippen LogP contribution in [0.2, 0.25) is 0 Å². The smallest absolute Gasteiger partial charge is 0.484 e. The Morgan fingerprint density at radius 3 is 2.89 bits per heavy atom. The van der Waals surface area contributed by atoms with E-state index >= 15 is 0 Å². The fraction of sp³-hybridized carbons (Fsp3) is 0.474. The van der Waals surface area contributed by atoms with Gasteiger partial charge in [-0.15, -0.1) is 13.2 Å². The third-order valence-corrected chi connectivity index (χ3v) is 5.30. The number of aryl methyl sites for hydroxylation is 2. The van der Waals surface area contributed by atoms with Crippen molar-refractivity contribution in [1.29, 1.82) is 0 Å². The van der Waals surface area contributed by atoms with Gasteiger partial charge in [-0.2, -0.15) is 0 Å². The number of benzene rings is 1. The highest BCUT2D eigenvalue weighted by molar-refractivity contribution is 5.86. The maximum Gasteiger partial charge on any atom is 0.573 e. The molecule has 28 heavy (non-hydrogen) atoms. The van der Waals surface area contributed by atoms with Crippen molar-refractivity contribution >= 4 is 16.9 Å². The molecule has 0 saturated carbocycles. The van der Waals surface area contributed by atoms with Gasteiger partial charge in [-0.05, 0) is 38.0 Å². The molecule has 2 atom stereocenters. The van der Waals surface area contributed by atoms with Crippen LogP contribution >= 0.6 is 0 Å². The number of esters is 1. The van der Waals surface area contributed by atoms with Gasteiger partial charge in [0.1, 0.15) is 23.1 Å². The number of carbonyl (C=O) groups excluding carboxylic acids is 1. The number of carbonyl (C=O) groups is 1. The van der Waals surface area contributed by atoms with Crippen molar-refractivity contribution in [2.45, 2.75) is 44.2 Å². The van der Waals surface area contributed by atoms with E-state index in [1.807, 2.05) is 0 Å². The Morgan fingerprint density at radius 2 is 2.18 bits per heavy atom. The Balaban J connectivity index is 1.69. The first-order chi connectivity index (χ1) is 13.2. The van der Waals surface area contributed by atoms with Gasteiger partial charge in [0.15, 0.2) is 0 Å². The lowest BCUT2D eigenvalue weighted by Crippen LogP contribution is -2.42. The third-order valence-electron chi connectivity index (χ3n) is 5.30. The van der Waals surface area contributed by atoms with Crippen LogP contribution in [0.4, 0.5) is 13.2 Å². The molecule has 1 fully saturated rings. The van der Waals surface area contributed by atoms with Crippen LogP contribution in [-0.4, -0.2) is 42.6 Å². The van der Waals surface area contributed by atoms with Crippen LogP contribution in [0.3, 0.4) is 0 Å². The molecule has 1 aromatic carbocycles. The van der Waals surface area contributed by atoms with Crippen LogP contribution in [0.15, 0.2) is 18.2 Å². The standard InChI is InChI=1S/C19H19F3N2O4/c1-10-16-12(5-6-18(28-16)8-15(23-9-18)17(25)26-2)13-7-11(27-19(20,21)22)3-4-14(13)24-10/h3-4,7,15,23H,5-6,8-9H2,1-2H3. The Hall–Kier alpha value is -2.55. The van der Waals surface area contributed by atoms with E-state index in [1.54, 1.807) is 6.92 Å². The summed E-state index contributed by atoms with van der Waals surface area (Å²) < 4.78 is 52.8. The number of halogens is 3. The molecule has 9 heteroatoms. The van der Waals surface area contributed by atoms with Gasteiger partial charge in [0.25, 0.3) is 0 Å². The van der Waals surface area contributed by atoms with Gasteiger partial charge in [-0.1, -0.05) is 0 Å². The predicted octanol–water partition coefficient (Wildman–Crippen LogP) is 3.04. The highest BCUT2D eigenvalue weighted by Crippen LogP contribution is 2.43. The van der Waals surface area contributed by atoms with Crippen molar-refractivity contribution in [3.63, 3.8) is 0 Å². The highest BCUT2D eigenvalue weighted by atomic mass is 19.4. The Bertz CT molecular complexity index is 947. The van der Waals surface area contributed by atoms with Gasteiger partial charge >= 0.3 is 12.3 Å². The number of methoxy groups -OCH3 is 1. The summed E-state index contributed by atoms with van der Waals surface area (Å²) in [5, 5.41) is 3.70. The minimum atomic E-state index is -4.76. The van der Waals surface area contributed by atoms with E-state index in [2.05, 4.69) is 15.0 Å². The molecule has 2 aromatic rings. The number of hydrogen-bond acceptors (Lipinski definition) is 6. The number of nitrogens with zero attached hydrogens (tertiary/aromatic N) is 1. The molecule has 2 aliphatic heterocycles. The molecule has 6 nitrogen and oxygen atoms in total. The first kappa shape index (κ1) is 18.8. The van der Waals surface area contributed by atoms with Gasteiger partial charge < -0.3 is 19.5 Å². The van der Waals surface area contributed by atoms with Gasteiger partial charge in [0.2, 0.25) is 0 Å². The van der Waals surface area contributed by atoms with E-state index in [0.29, 0.717) is 48.2 Å². The Kier molecular flexibility index (Phi) is 4.37. The van der Waals surface area contributed by atoms with E-state index in [9.17, 15) is 18.0 Å². The molecule has 150 valence electrons. The monoisotopic (exact) mass is 396 g/mol. The SMILES string of the molecule is COC(=O)C1CC2(CCc3c(c(C)nc4ccc(OC(F)(F)F)cc34)O2)CN1. The minimum absolute atomic E-state index is 0.290. The molecule has 4 rings (SSSR count). The molecule has 1 saturated heterocycles.